The summed E-state index contributed by atoms with van der Waals surface area (Å²) in [6.45, 7) is 4.49. The van der Waals surface area contributed by atoms with Crippen molar-refractivity contribution in [2.75, 3.05) is 0 Å². The fourth-order valence-corrected chi connectivity index (χ4v) is 3.80. The summed E-state index contributed by atoms with van der Waals surface area (Å²) in [6.07, 6.45) is 2.28. The van der Waals surface area contributed by atoms with Crippen LogP contribution in [0.2, 0.25) is 0 Å². The van der Waals surface area contributed by atoms with Gasteiger partial charge in [0.2, 0.25) is 0 Å². The molecule has 0 aliphatic heterocycles. The van der Waals surface area contributed by atoms with E-state index >= 15 is 0 Å². The second-order valence-corrected chi connectivity index (χ2v) is 6.55. The van der Waals surface area contributed by atoms with E-state index in [4.69, 9.17) is 0 Å². The Labute approximate surface area is 143 Å². The van der Waals surface area contributed by atoms with Crippen LogP contribution in [0, 0.1) is 6.92 Å². The van der Waals surface area contributed by atoms with Gasteiger partial charge in [0.05, 0.1) is 0 Å². The highest BCUT2D eigenvalue weighted by Gasteiger charge is 2.14. The largest absolute Gasteiger partial charge is 0.0651 e. The van der Waals surface area contributed by atoms with E-state index in [1.54, 1.807) is 0 Å². The summed E-state index contributed by atoms with van der Waals surface area (Å²) >= 11 is 0. The summed E-state index contributed by atoms with van der Waals surface area (Å²) in [5.41, 5.74) is 5.62. The molecule has 0 amide bonds. The molecule has 0 aromatic heterocycles. The molecular weight excluding hydrogens is 288 g/mol. The molecule has 0 heterocycles. The molecule has 24 heavy (non-hydrogen) atoms. The van der Waals surface area contributed by atoms with E-state index in [1.165, 1.54) is 43.8 Å². The highest BCUT2D eigenvalue weighted by atomic mass is 14.2. The predicted octanol–water partition coefficient (Wildman–Crippen LogP) is 6.92. The van der Waals surface area contributed by atoms with Crippen LogP contribution in [0.25, 0.3) is 32.7 Å². The first-order valence-corrected chi connectivity index (χ1v) is 8.79. The Bertz CT molecular complexity index is 1020. The van der Waals surface area contributed by atoms with Crippen molar-refractivity contribution in [2.24, 2.45) is 0 Å². The van der Waals surface area contributed by atoms with Gasteiger partial charge < -0.3 is 0 Å². The van der Waals surface area contributed by atoms with Gasteiger partial charge in [-0.1, -0.05) is 86.1 Å². The third kappa shape index (κ3) is 2.39. The number of rotatable bonds is 3. The first-order chi connectivity index (χ1) is 11.8. The minimum absolute atomic E-state index is 1.11. The molecule has 4 aromatic carbocycles. The molecular formula is C24H22. The monoisotopic (exact) mass is 310 g/mol. The molecule has 0 radical (unpaired) electrons. The number of hydrogen-bond acceptors (Lipinski definition) is 0. The molecule has 4 rings (SSSR count). The van der Waals surface area contributed by atoms with E-state index in [0.29, 0.717) is 0 Å². The Morgan fingerprint density at radius 1 is 0.625 bits per heavy atom. The van der Waals surface area contributed by atoms with Gasteiger partial charge in [0.15, 0.2) is 0 Å². The second-order valence-electron chi connectivity index (χ2n) is 6.55. The smallest absolute Gasteiger partial charge is 0.00644 e. The lowest BCUT2D eigenvalue weighted by Gasteiger charge is -2.17. The molecule has 0 spiro atoms. The van der Waals surface area contributed by atoms with Crippen LogP contribution < -0.4 is 0 Å². The van der Waals surface area contributed by atoms with Crippen LogP contribution >= 0.6 is 0 Å². The van der Waals surface area contributed by atoms with Crippen molar-refractivity contribution >= 4 is 21.5 Å². The number of benzene rings is 4. The van der Waals surface area contributed by atoms with Crippen LogP contribution in [0.3, 0.4) is 0 Å². The van der Waals surface area contributed by atoms with Gasteiger partial charge in [-0.3, -0.25) is 0 Å². The van der Waals surface area contributed by atoms with Gasteiger partial charge in [0, 0.05) is 0 Å². The first-order valence-electron chi connectivity index (χ1n) is 8.79. The Morgan fingerprint density at radius 3 is 1.88 bits per heavy atom. The van der Waals surface area contributed by atoms with Crippen molar-refractivity contribution in [1.82, 2.24) is 0 Å². The van der Waals surface area contributed by atoms with Gasteiger partial charge in [0.1, 0.15) is 0 Å². The number of fused-ring (bicyclic) bond motifs is 2. The lowest BCUT2D eigenvalue weighted by Crippen LogP contribution is -1.95. The summed E-state index contributed by atoms with van der Waals surface area (Å²) in [7, 11) is 0. The maximum Gasteiger partial charge on any atom is -0.00644 e. The van der Waals surface area contributed by atoms with Crippen molar-refractivity contribution in [3.05, 3.63) is 83.9 Å². The highest BCUT2D eigenvalue weighted by Crippen LogP contribution is 2.39. The normalized spacial score (nSPS) is 11.2. The zero-order valence-corrected chi connectivity index (χ0v) is 14.3. The van der Waals surface area contributed by atoms with Crippen molar-refractivity contribution in [3.8, 4) is 11.1 Å². The van der Waals surface area contributed by atoms with Gasteiger partial charge in [-0.25, -0.2) is 0 Å². The SMILES string of the molecule is CCCc1ccc2ccccc2c1-c1c(C)ccc2ccccc12. The van der Waals surface area contributed by atoms with E-state index in [0.717, 1.165) is 12.8 Å². The summed E-state index contributed by atoms with van der Waals surface area (Å²) in [4.78, 5) is 0. The molecule has 118 valence electrons. The number of hydrogen-bond donors (Lipinski definition) is 0. The minimum Gasteiger partial charge on any atom is -0.0651 e. The molecule has 0 fully saturated rings. The molecule has 4 aromatic rings. The fourth-order valence-electron chi connectivity index (χ4n) is 3.80. The summed E-state index contributed by atoms with van der Waals surface area (Å²) in [5.74, 6) is 0. The topological polar surface area (TPSA) is 0 Å². The maximum atomic E-state index is 2.32. The van der Waals surface area contributed by atoms with E-state index in [2.05, 4.69) is 86.6 Å². The number of aryl methyl sites for hydroxylation is 2. The molecule has 0 bridgehead atoms. The molecule has 0 aliphatic rings. The molecule has 0 heteroatoms. The summed E-state index contributed by atoms with van der Waals surface area (Å²) < 4.78 is 0. The molecule has 0 saturated heterocycles. The van der Waals surface area contributed by atoms with Crippen molar-refractivity contribution < 1.29 is 0 Å². The Morgan fingerprint density at radius 2 is 1.21 bits per heavy atom. The van der Waals surface area contributed by atoms with Crippen molar-refractivity contribution in [1.29, 1.82) is 0 Å². The lowest BCUT2D eigenvalue weighted by atomic mass is 9.86. The molecule has 0 aliphatic carbocycles. The van der Waals surface area contributed by atoms with Crippen LogP contribution in [0.1, 0.15) is 24.5 Å². The van der Waals surface area contributed by atoms with E-state index < -0.39 is 0 Å². The highest BCUT2D eigenvalue weighted by molar-refractivity contribution is 6.07. The third-order valence-electron chi connectivity index (χ3n) is 4.92. The van der Waals surface area contributed by atoms with E-state index in [1.807, 2.05) is 0 Å². The molecule has 0 N–H and O–H groups in total. The zero-order valence-electron chi connectivity index (χ0n) is 14.3. The fraction of sp³-hybridized carbons (Fsp3) is 0.167. The quantitative estimate of drug-likeness (QED) is 0.385. The van der Waals surface area contributed by atoms with Gasteiger partial charge in [-0.2, -0.15) is 0 Å². The summed E-state index contributed by atoms with van der Waals surface area (Å²) in [6, 6.07) is 26.6. The average molecular weight is 310 g/mol. The van der Waals surface area contributed by atoms with E-state index in [9.17, 15) is 0 Å². The van der Waals surface area contributed by atoms with Crippen molar-refractivity contribution in [3.63, 3.8) is 0 Å². The van der Waals surface area contributed by atoms with Crippen molar-refractivity contribution in [2.45, 2.75) is 26.7 Å². The third-order valence-corrected chi connectivity index (χ3v) is 4.92. The lowest BCUT2D eigenvalue weighted by molar-refractivity contribution is 0.925. The average Bonchev–Trinajstić information content (AvgIpc) is 2.62. The second kappa shape index (κ2) is 6.13. The minimum atomic E-state index is 1.11. The molecule has 0 saturated carbocycles. The molecule has 0 nitrogen and oxygen atoms in total. The van der Waals surface area contributed by atoms with Crippen LogP contribution in [-0.2, 0) is 6.42 Å². The Balaban J connectivity index is 2.17. The zero-order chi connectivity index (χ0) is 16.5. The van der Waals surface area contributed by atoms with Gasteiger partial charge in [-0.05, 0) is 57.1 Å². The van der Waals surface area contributed by atoms with Crippen LogP contribution in [0.4, 0.5) is 0 Å². The van der Waals surface area contributed by atoms with Gasteiger partial charge in [0.25, 0.3) is 0 Å². The van der Waals surface area contributed by atoms with Gasteiger partial charge in [-0.15, -0.1) is 0 Å². The first kappa shape index (κ1) is 15.0. The van der Waals surface area contributed by atoms with Crippen LogP contribution in [-0.4, -0.2) is 0 Å². The molecule has 0 unspecified atom stereocenters. The van der Waals surface area contributed by atoms with Crippen LogP contribution in [0.5, 0.6) is 0 Å². The maximum absolute atomic E-state index is 2.32. The standard InChI is InChI=1S/C24H22/c1-3-8-20-16-15-19-10-5-7-12-22(19)24(20)23-17(2)13-14-18-9-4-6-11-21(18)23/h4-7,9-16H,3,8H2,1-2H3. The predicted molar refractivity (Wildman–Crippen MR) is 106 cm³/mol. The molecule has 0 atom stereocenters. The summed E-state index contributed by atoms with van der Waals surface area (Å²) in [5, 5.41) is 5.35. The van der Waals surface area contributed by atoms with Gasteiger partial charge >= 0.3 is 0 Å². The van der Waals surface area contributed by atoms with Crippen LogP contribution in [0.15, 0.2) is 72.8 Å². The van der Waals surface area contributed by atoms with E-state index in [-0.39, 0.29) is 0 Å². The Hall–Kier alpha value is -2.60. The Kier molecular flexibility index (Phi) is 3.82.